The van der Waals surface area contributed by atoms with Gasteiger partial charge in [0.05, 0.1) is 5.60 Å². The number of benzene rings is 2. The first kappa shape index (κ1) is 14.1. The van der Waals surface area contributed by atoms with Gasteiger partial charge in [-0.05, 0) is 38.3 Å². The van der Waals surface area contributed by atoms with E-state index in [4.69, 9.17) is 4.65 Å². The second-order valence-corrected chi connectivity index (χ2v) is 7.15. The van der Waals surface area contributed by atoms with E-state index in [2.05, 4.69) is 80.0 Å². The molecule has 4 rings (SSSR count). The molecule has 0 aliphatic carbocycles. The highest BCUT2D eigenvalue weighted by molar-refractivity contribution is 7.11. The summed E-state index contributed by atoms with van der Waals surface area (Å²) in [7, 11) is 2.27. The van der Waals surface area contributed by atoms with Gasteiger partial charge >= 0.3 is 0 Å². The van der Waals surface area contributed by atoms with E-state index in [-0.39, 0.29) is 5.60 Å². The number of hydrogen-bond acceptors (Lipinski definition) is 2. The summed E-state index contributed by atoms with van der Waals surface area (Å²) in [6.07, 6.45) is 1.51. The number of hydrogen-bond donors (Lipinski definition) is 0. The molecule has 0 radical (unpaired) electrons. The summed E-state index contributed by atoms with van der Waals surface area (Å²) in [5.74, 6) is 0. The number of rotatable bonds is 2. The smallest absolute Gasteiger partial charge is 0.142 e. The van der Waals surface area contributed by atoms with E-state index in [1.165, 1.54) is 24.0 Å². The summed E-state index contributed by atoms with van der Waals surface area (Å²) in [5.41, 5.74) is 2.24. The van der Waals surface area contributed by atoms with Crippen molar-refractivity contribution in [2.75, 3.05) is 6.54 Å². The lowest BCUT2D eigenvalue weighted by Crippen LogP contribution is -2.49. The SMILES string of the molecule is B[B-]1(C)OC(c2ccccc2)(c2ccccc2)[C@@H]2CCCN21. The van der Waals surface area contributed by atoms with Crippen molar-refractivity contribution >= 4 is 14.1 Å². The first-order chi connectivity index (χ1) is 10.6. The molecule has 2 aromatic carbocycles. The zero-order valence-corrected chi connectivity index (χ0v) is 13.4. The Morgan fingerprint density at radius 3 is 2.14 bits per heavy atom. The van der Waals surface area contributed by atoms with Crippen molar-refractivity contribution in [3.63, 3.8) is 0 Å². The van der Waals surface area contributed by atoms with E-state index in [1.54, 1.807) is 0 Å². The van der Waals surface area contributed by atoms with E-state index < -0.39 is 6.37 Å². The van der Waals surface area contributed by atoms with Gasteiger partial charge in [0.25, 0.3) is 0 Å². The molecule has 2 saturated heterocycles. The quantitative estimate of drug-likeness (QED) is 0.788. The van der Waals surface area contributed by atoms with Gasteiger partial charge < -0.3 is 9.47 Å². The van der Waals surface area contributed by atoms with Gasteiger partial charge in [-0.3, -0.25) is 0 Å². The van der Waals surface area contributed by atoms with E-state index in [9.17, 15) is 0 Å². The second kappa shape index (κ2) is 5.00. The highest BCUT2D eigenvalue weighted by atomic mass is 16.5. The molecule has 4 heteroatoms. The fourth-order valence-electron chi connectivity index (χ4n) is 4.63. The third-order valence-electron chi connectivity index (χ3n) is 5.44. The van der Waals surface area contributed by atoms with Crippen LogP contribution in [0.2, 0.25) is 6.82 Å². The molecule has 0 bridgehead atoms. The third-order valence-corrected chi connectivity index (χ3v) is 5.44. The zero-order valence-electron chi connectivity index (χ0n) is 13.4. The van der Waals surface area contributed by atoms with Gasteiger partial charge in [-0.2, -0.15) is 6.82 Å². The van der Waals surface area contributed by atoms with Crippen LogP contribution < -0.4 is 0 Å². The molecule has 2 atom stereocenters. The van der Waals surface area contributed by atoms with Gasteiger partial charge in [-0.1, -0.05) is 60.7 Å². The molecule has 1 unspecified atom stereocenters. The monoisotopic (exact) mass is 290 g/mol. The molecule has 2 aromatic rings. The van der Waals surface area contributed by atoms with Crippen LogP contribution in [0.4, 0.5) is 0 Å². The minimum Gasteiger partial charge on any atom is -0.571 e. The van der Waals surface area contributed by atoms with Crippen molar-refractivity contribution in [1.29, 1.82) is 0 Å². The first-order valence-corrected chi connectivity index (χ1v) is 8.45. The predicted molar refractivity (Wildman–Crippen MR) is 94.6 cm³/mol. The van der Waals surface area contributed by atoms with Crippen LogP contribution >= 0.6 is 0 Å². The molecule has 22 heavy (non-hydrogen) atoms. The third kappa shape index (κ3) is 1.90. The second-order valence-electron chi connectivity index (χ2n) is 7.15. The molecule has 0 amide bonds. The topological polar surface area (TPSA) is 12.5 Å². The molecule has 2 heterocycles. The Kier molecular flexibility index (Phi) is 3.21. The van der Waals surface area contributed by atoms with Gasteiger partial charge in [-0.25, -0.2) is 0 Å². The van der Waals surface area contributed by atoms with E-state index in [0.29, 0.717) is 6.04 Å². The minimum absolute atomic E-state index is 0.331. The van der Waals surface area contributed by atoms with Crippen LogP contribution in [-0.4, -0.2) is 31.5 Å². The van der Waals surface area contributed by atoms with Crippen molar-refractivity contribution in [2.45, 2.75) is 31.3 Å². The van der Waals surface area contributed by atoms with Crippen molar-refractivity contribution < 1.29 is 4.65 Å². The molecule has 2 fully saturated rings. The Balaban J connectivity index is 1.95. The number of fused-ring (bicyclic) bond motifs is 1. The molecular formula is C18H22B2NO-. The summed E-state index contributed by atoms with van der Waals surface area (Å²) < 4.78 is 6.86. The molecular weight excluding hydrogens is 268 g/mol. The summed E-state index contributed by atoms with van der Waals surface area (Å²) >= 11 is 0. The van der Waals surface area contributed by atoms with E-state index in [0.717, 1.165) is 6.54 Å². The molecule has 0 spiro atoms. The number of nitrogens with zero attached hydrogens (tertiary/aromatic N) is 1. The Morgan fingerprint density at radius 1 is 1.05 bits per heavy atom. The average Bonchev–Trinajstić information content (AvgIpc) is 3.12. The Bertz CT molecular complexity index is 620. The summed E-state index contributed by atoms with van der Waals surface area (Å²) in [6, 6.07) is 22.0. The van der Waals surface area contributed by atoms with Crippen LogP contribution in [0.3, 0.4) is 0 Å². The van der Waals surface area contributed by atoms with Crippen molar-refractivity contribution in [3.8, 4) is 0 Å². The first-order valence-electron chi connectivity index (χ1n) is 8.45. The van der Waals surface area contributed by atoms with E-state index in [1.807, 2.05) is 0 Å². The maximum absolute atomic E-state index is 6.86. The Hall–Kier alpha value is -1.51. The maximum atomic E-state index is 6.86. The van der Waals surface area contributed by atoms with Gasteiger partial charge in [0.15, 0.2) is 0 Å². The maximum Gasteiger partial charge on any atom is 0.142 e. The lowest BCUT2D eigenvalue weighted by atomic mass is 9.34. The van der Waals surface area contributed by atoms with Crippen molar-refractivity contribution in [3.05, 3.63) is 71.8 Å². The standard InChI is InChI=1S/C18H22B2NO/c1-20(19)21-14-8-13-17(21)18(22-20,15-9-4-2-5-10-15)16-11-6-3-7-12-16/h2-7,9-12,17H,8,13-14,19H2,1H3/q-1/t17-,20?/m0/s1. The van der Waals surface area contributed by atoms with Crippen LogP contribution in [0, 0.1) is 0 Å². The summed E-state index contributed by atoms with van der Waals surface area (Å²) in [4.78, 5) is 2.61. The van der Waals surface area contributed by atoms with Gasteiger partial charge in [0.1, 0.15) is 6.37 Å². The molecule has 0 saturated carbocycles. The van der Waals surface area contributed by atoms with E-state index >= 15 is 0 Å². The normalized spacial score (nSPS) is 30.3. The Labute approximate surface area is 133 Å². The lowest BCUT2D eigenvalue weighted by molar-refractivity contribution is 0.104. The van der Waals surface area contributed by atoms with Crippen molar-refractivity contribution in [1.82, 2.24) is 4.81 Å². The highest BCUT2D eigenvalue weighted by Crippen LogP contribution is 2.51. The Morgan fingerprint density at radius 2 is 1.59 bits per heavy atom. The molecule has 2 nitrogen and oxygen atoms in total. The van der Waals surface area contributed by atoms with Crippen LogP contribution in [0.5, 0.6) is 0 Å². The lowest BCUT2D eigenvalue weighted by Gasteiger charge is -2.41. The van der Waals surface area contributed by atoms with Crippen LogP contribution in [-0.2, 0) is 10.3 Å². The van der Waals surface area contributed by atoms with Gasteiger partial charge in [0, 0.05) is 6.04 Å². The summed E-state index contributed by atoms with van der Waals surface area (Å²) in [6.45, 7) is 3.42. The van der Waals surface area contributed by atoms with Crippen LogP contribution in [0.15, 0.2) is 60.7 Å². The molecule has 2 aliphatic heterocycles. The molecule has 0 aromatic heterocycles. The predicted octanol–water partition coefficient (Wildman–Crippen LogP) is 2.63. The average molecular weight is 290 g/mol. The fourth-order valence-corrected chi connectivity index (χ4v) is 4.63. The van der Waals surface area contributed by atoms with Crippen LogP contribution in [0.1, 0.15) is 24.0 Å². The molecule has 2 aliphatic rings. The molecule has 112 valence electrons. The van der Waals surface area contributed by atoms with Crippen molar-refractivity contribution in [2.24, 2.45) is 0 Å². The molecule has 0 N–H and O–H groups in total. The largest absolute Gasteiger partial charge is 0.571 e. The fraction of sp³-hybridized carbons (Fsp3) is 0.333. The van der Waals surface area contributed by atoms with Gasteiger partial charge in [0.2, 0.25) is 0 Å². The summed E-state index contributed by atoms with van der Waals surface area (Å²) in [5, 5.41) is 0. The van der Waals surface area contributed by atoms with Crippen LogP contribution in [0.25, 0.3) is 0 Å². The van der Waals surface area contributed by atoms with Gasteiger partial charge in [-0.15, -0.1) is 0 Å². The minimum atomic E-state index is -0.953. The highest BCUT2D eigenvalue weighted by Gasteiger charge is 2.54. The zero-order chi connectivity index (χ0) is 15.2.